The number of aliphatic hydroxyl groups is 2. The highest BCUT2D eigenvalue weighted by Gasteiger charge is 2.50. The van der Waals surface area contributed by atoms with Crippen LogP contribution in [0, 0.1) is 5.41 Å². The summed E-state index contributed by atoms with van der Waals surface area (Å²) >= 11 is 0.937. The predicted molar refractivity (Wildman–Crippen MR) is 238 cm³/mol. The number of fused-ring (bicyclic) bond motifs is 1. The highest BCUT2D eigenvalue weighted by atomic mass is 32.2. The van der Waals surface area contributed by atoms with E-state index in [0.717, 1.165) is 54.7 Å². The van der Waals surface area contributed by atoms with Gasteiger partial charge in [0.1, 0.15) is 42.0 Å². The van der Waals surface area contributed by atoms with Crippen LogP contribution in [0.2, 0.25) is 0 Å². The van der Waals surface area contributed by atoms with Crippen LogP contribution in [0.1, 0.15) is 117 Å². The molecule has 0 bridgehead atoms. The number of thioether (sulfide) groups is 1. The van der Waals surface area contributed by atoms with Gasteiger partial charge in [0, 0.05) is 37.1 Å². The minimum Gasteiger partial charge on any atom is -0.386 e. The van der Waals surface area contributed by atoms with Crippen molar-refractivity contribution in [3.05, 3.63) is 12.7 Å². The molecule has 1 aliphatic heterocycles. The summed E-state index contributed by atoms with van der Waals surface area (Å²) in [6.45, 7) is 2.55. The molecule has 10 N–H and O–H groups in total. The fraction of sp³-hybridized carbons (Fsp3) is 0.757. The van der Waals surface area contributed by atoms with E-state index in [9.17, 15) is 62.7 Å². The van der Waals surface area contributed by atoms with E-state index in [-0.39, 0.29) is 59.6 Å². The van der Waals surface area contributed by atoms with Crippen LogP contribution in [0.3, 0.4) is 0 Å². The summed E-state index contributed by atoms with van der Waals surface area (Å²) in [6, 6.07) is 0. The Morgan fingerprint density at radius 2 is 1.52 bits per heavy atom. The van der Waals surface area contributed by atoms with Crippen molar-refractivity contribution >= 4 is 74.9 Å². The Hall–Kier alpha value is -2.77. The number of aliphatic hydroxyl groups excluding tert-OH is 2. The van der Waals surface area contributed by atoms with Gasteiger partial charge in [-0.25, -0.2) is 28.6 Å². The van der Waals surface area contributed by atoms with Gasteiger partial charge in [-0.05, 0) is 6.42 Å². The smallest absolute Gasteiger partial charge is 0.386 e. The number of phosphoric ester groups is 3. The quantitative estimate of drug-likeness (QED) is 0.0281. The number of rotatable bonds is 33. The number of amides is 2. The van der Waals surface area contributed by atoms with Gasteiger partial charge < -0.3 is 50.9 Å². The summed E-state index contributed by atoms with van der Waals surface area (Å²) in [4.78, 5) is 100. The Balaban J connectivity index is 1.34. The van der Waals surface area contributed by atoms with Gasteiger partial charge in [0.05, 0.1) is 26.0 Å². The normalized spacial score (nSPS) is 20.1. The molecule has 1 fully saturated rings. The molecular formula is C37H64N7O18P3S. The minimum absolute atomic E-state index is 0.0262. The van der Waals surface area contributed by atoms with Crippen molar-refractivity contribution in [3.8, 4) is 0 Å². The van der Waals surface area contributed by atoms with Gasteiger partial charge in [-0.15, -0.1) is 0 Å². The molecule has 0 aliphatic carbocycles. The summed E-state index contributed by atoms with van der Waals surface area (Å²) in [6.07, 6.45) is 6.01. The third-order valence-corrected chi connectivity index (χ3v) is 14.1. The Labute approximate surface area is 386 Å². The van der Waals surface area contributed by atoms with Gasteiger partial charge in [0.25, 0.3) is 0 Å². The molecule has 25 nitrogen and oxygen atoms in total. The molecule has 0 radical (unpaired) electrons. The maximum Gasteiger partial charge on any atom is 0.481 e. The second kappa shape index (κ2) is 27.4. The van der Waals surface area contributed by atoms with Crippen molar-refractivity contribution in [1.82, 2.24) is 30.2 Å². The number of nitrogen functional groups attached to an aromatic ring is 1. The molecule has 376 valence electrons. The monoisotopic (exact) mass is 1020 g/mol. The molecule has 0 saturated carbocycles. The molecule has 3 heterocycles. The zero-order valence-electron chi connectivity index (χ0n) is 37.2. The molecule has 7 atom stereocenters. The van der Waals surface area contributed by atoms with Crippen molar-refractivity contribution in [2.75, 3.05) is 37.8 Å². The number of nitrogens with one attached hydrogen (secondary N) is 2. The van der Waals surface area contributed by atoms with Gasteiger partial charge in [-0.2, -0.15) is 4.31 Å². The lowest BCUT2D eigenvalue weighted by atomic mass is 9.87. The highest BCUT2D eigenvalue weighted by Crippen LogP contribution is 2.61. The zero-order valence-corrected chi connectivity index (χ0v) is 40.7. The van der Waals surface area contributed by atoms with Crippen LogP contribution in [-0.4, -0.2) is 128 Å². The molecule has 66 heavy (non-hydrogen) atoms. The fourth-order valence-electron chi connectivity index (χ4n) is 6.58. The molecule has 2 aromatic rings. The summed E-state index contributed by atoms with van der Waals surface area (Å²) in [5, 5.41) is 26.2. The van der Waals surface area contributed by atoms with Crippen molar-refractivity contribution in [3.63, 3.8) is 0 Å². The number of Topliss-reactive ketones (excluding diaryl/α,β-unsaturated/α-hetero) is 1. The van der Waals surface area contributed by atoms with Crippen LogP contribution in [0.15, 0.2) is 12.7 Å². The molecule has 3 rings (SSSR count). The van der Waals surface area contributed by atoms with Gasteiger partial charge >= 0.3 is 23.5 Å². The first-order valence-corrected chi connectivity index (χ1v) is 27.0. The van der Waals surface area contributed by atoms with Crippen LogP contribution >= 0.6 is 35.2 Å². The van der Waals surface area contributed by atoms with E-state index in [1.165, 1.54) is 58.8 Å². The Bertz CT molecular complexity index is 2040. The van der Waals surface area contributed by atoms with Crippen molar-refractivity contribution < 1.29 is 85.3 Å². The van der Waals surface area contributed by atoms with Crippen LogP contribution < -0.4 is 16.4 Å². The Morgan fingerprint density at radius 1 is 0.894 bits per heavy atom. The van der Waals surface area contributed by atoms with E-state index in [1.807, 2.05) is 0 Å². The fourth-order valence-corrected chi connectivity index (χ4v) is 10.1. The number of nitrogens with zero attached hydrogens (tertiary/aromatic N) is 4. The molecule has 0 spiro atoms. The number of imidazole rings is 1. The van der Waals surface area contributed by atoms with Gasteiger partial charge in [-0.1, -0.05) is 96.7 Å². The number of ether oxygens (including phenoxy) is 1. The van der Waals surface area contributed by atoms with Crippen molar-refractivity contribution in [2.24, 2.45) is 5.41 Å². The molecule has 0 aromatic carbocycles. The van der Waals surface area contributed by atoms with E-state index in [2.05, 4.69) is 41.3 Å². The van der Waals surface area contributed by atoms with E-state index in [1.54, 1.807) is 0 Å². The molecule has 2 aromatic heterocycles. The average molecular weight is 1020 g/mol. The summed E-state index contributed by atoms with van der Waals surface area (Å²) in [5.74, 6) is -1.39. The number of unbranched alkanes of at least 4 members (excludes halogenated alkanes) is 10. The van der Waals surface area contributed by atoms with Crippen LogP contribution in [0.25, 0.3) is 11.2 Å². The predicted octanol–water partition coefficient (Wildman–Crippen LogP) is 3.33. The van der Waals surface area contributed by atoms with Crippen molar-refractivity contribution in [1.29, 1.82) is 0 Å². The van der Waals surface area contributed by atoms with Crippen LogP contribution in [0.4, 0.5) is 5.82 Å². The SMILES string of the molecule is CCCCCCCCCCCCCC(=O)CC(=O)SCCNC(=O)CCNC(=O)[C@H](O)C(C)(C)COP(=O)(O)OP(=O)(O)OC[C@H]1O[C@@H](n2cnc3c(N)ncnc32)[C@H](O)[C@@H]1OP(=O)(O)O. The maximum atomic E-state index is 12.7. The molecule has 29 heteroatoms. The largest absolute Gasteiger partial charge is 0.481 e. The lowest BCUT2D eigenvalue weighted by molar-refractivity contribution is -0.137. The first kappa shape index (κ1) is 57.5. The first-order valence-electron chi connectivity index (χ1n) is 21.5. The van der Waals surface area contributed by atoms with E-state index in [4.69, 9.17) is 19.5 Å². The average Bonchev–Trinajstić information content (AvgIpc) is 3.79. The topological polar surface area (TPSA) is 381 Å². The molecule has 2 amide bonds. The number of carbonyl (C=O) groups is 4. The Morgan fingerprint density at radius 3 is 2.15 bits per heavy atom. The summed E-state index contributed by atoms with van der Waals surface area (Å²) in [7, 11) is -16.4. The van der Waals surface area contributed by atoms with Crippen LogP contribution in [-0.2, 0) is 55.5 Å². The van der Waals surface area contributed by atoms with E-state index in [0.29, 0.717) is 6.42 Å². The number of nitrogens with two attached hydrogens (primary N) is 1. The maximum absolute atomic E-state index is 12.7. The molecule has 2 unspecified atom stereocenters. The lowest BCUT2D eigenvalue weighted by Crippen LogP contribution is -2.46. The lowest BCUT2D eigenvalue weighted by Gasteiger charge is -2.30. The number of hydrogen-bond donors (Lipinski definition) is 9. The molecule has 1 saturated heterocycles. The zero-order chi connectivity index (χ0) is 49.1. The number of anilines is 1. The number of aromatic nitrogens is 4. The van der Waals surface area contributed by atoms with Gasteiger partial charge in [0.15, 0.2) is 22.8 Å². The second-order valence-corrected chi connectivity index (χ2v) is 21.7. The Kier molecular flexibility index (Phi) is 23.9. The number of carbonyl (C=O) groups excluding carboxylic acids is 4. The molecule has 1 aliphatic rings. The second-order valence-electron chi connectivity index (χ2n) is 16.3. The van der Waals surface area contributed by atoms with Crippen molar-refractivity contribution in [2.45, 2.75) is 141 Å². The number of hydrogen-bond acceptors (Lipinski definition) is 19. The van der Waals surface area contributed by atoms with Crippen LogP contribution in [0.5, 0.6) is 0 Å². The molecular weight excluding hydrogens is 955 g/mol. The third-order valence-electron chi connectivity index (χ3n) is 10.2. The summed E-state index contributed by atoms with van der Waals surface area (Å²) in [5.41, 5.74) is 4.24. The summed E-state index contributed by atoms with van der Waals surface area (Å²) < 4.78 is 62.3. The van der Waals surface area contributed by atoms with E-state index < -0.39 is 84.6 Å². The standard InChI is InChI=1S/C37H64N7O18P3S/c1-4-5-6-7-8-9-10-11-12-13-14-15-25(45)20-28(47)66-19-18-39-27(46)16-17-40-35(50)32(49)37(2,3)22-59-65(56,57)62-64(54,55)58-21-26-31(61-63(51,52)53)30(48)36(60-26)44-24-43-29-33(38)41-23-42-34(29)44/h23-24,26,30-32,36,48-49H,4-22H2,1-3H3,(H,39,46)(H,40,50)(H,54,55)(H,56,57)(H2,38,41,42)(H2,51,52,53)/t26-,30-,31-,32+,36-/m1/s1. The highest BCUT2D eigenvalue weighted by molar-refractivity contribution is 8.13. The third kappa shape index (κ3) is 20.4. The number of ketones is 1. The van der Waals surface area contributed by atoms with Gasteiger partial charge in [-0.3, -0.25) is 37.3 Å². The first-order chi connectivity index (χ1) is 30.9. The van der Waals surface area contributed by atoms with E-state index >= 15 is 0 Å². The minimum atomic E-state index is -5.59. The van der Waals surface area contributed by atoms with Gasteiger partial charge in [0.2, 0.25) is 11.8 Å². The number of phosphoric acid groups is 3.